The van der Waals surface area contributed by atoms with Gasteiger partial charge < -0.3 is 10.2 Å². The number of carbonyl (C=O) groups is 1. The Morgan fingerprint density at radius 1 is 1.57 bits per heavy atom. The van der Waals surface area contributed by atoms with Gasteiger partial charge in [-0.25, -0.2) is 0 Å². The summed E-state index contributed by atoms with van der Waals surface area (Å²) in [4.78, 5) is 13.3. The van der Waals surface area contributed by atoms with Crippen molar-refractivity contribution in [3.05, 3.63) is 0 Å². The standard InChI is InChI=1S/C11H22N2O/c1-3-10(12-2)6-4-8-13-9-5-7-11(13)14/h10,12H,3-9H2,1-2H3. The van der Waals surface area contributed by atoms with Crippen molar-refractivity contribution in [1.82, 2.24) is 10.2 Å². The molecule has 0 aromatic rings. The third-order valence-electron chi connectivity index (χ3n) is 3.05. The van der Waals surface area contributed by atoms with E-state index >= 15 is 0 Å². The molecule has 1 saturated heterocycles. The van der Waals surface area contributed by atoms with Crippen LogP contribution in [0.4, 0.5) is 0 Å². The van der Waals surface area contributed by atoms with Gasteiger partial charge in [0.15, 0.2) is 0 Å². The summed E-state index contributed by atoms with van der Waals surface area (Å²) in [7, 11) is 2.01. The minimum atomic E-state index is 0.350. The minimum Gasteiger partial charge on any atom is -0.343 e. The number of carbonyl (C=O) groups excluding carboxylic acids is 1. The molecule has 14 heavy (non-hydrogen) atoms. The largest absolute Gasteiger partial charge is 0.343 e. The molecule has 1 atom stereocenters. The highest BCUT2D eigenvalue weighted by Crippen LogP contribution is 2.11. The molecule has 1 fully saturated rings. The van der Waals surface area contributed by atoms with E-state index in [1.165, 1.54) is 12.8 Å². The molecule has 1 aliphatic rings. The van der Waals surface area contributed by atoms with Crippen molar-refractivity contribution in [1.29, 1.82) is 0 Å². The average molecular weight is 198 g/mol. The minimum absolute atomic E-state index is 0.350. The molecule has 1 rings (SSSR count). The zero-order valence-corrected chi connectivity index (χ0v) is 9.38. The van der Waals surface area contributed by atoms with Crippen molar-refractivity contribution in [3.8, 4) is 0 Å². The number of likely N-dealkylation sites (tertiary alicyclic amines) is 1. The van der Waals surface area contributed by atoms with E-state index in [1.807, 2.05) is 11.9 Å². The first-order chi connectivity index (χ1) is 6.77. The lowest BCUT2D eigenvalue weighted by Crippen LogP contribution is -2.29. The lowest BCUT2D eigenvalue weighted by molar-refractivity contribution is -0.127. The van der Waals surface area contributed by atoms with Crippen LogP contribution < -0.4 is 5.32 Å². The van der Waals surface area contributed by atoms with Crippen LogP contribution in [-0.4, -0.2) is 37.0 Å². The van der Waals surface area contributed by atoms with Crippen LogP contribution in [-0.2, 0) is 4.79 Å². The van der Waals surface area contributed by atoms with Gasteiger partial charge in [0.1, 0.15) is 0 Å². The number of hydrogen-bond donors (Lipinski definition) is 1. The van der Waals surface area contributed by atoms with E-state index < -0.39 is 0 Å². The fraction of sp³-hybridized carbons (Fsp3) is 0.909. The molecule has 0 radical (unpaired) electrons. The van der Waals surface area contributed by atoms with Crippen LogP contribution in [0.25, 0.3) is 0 Å². The van der Waals surface area contributed by atoms with E-state index in [1.54, 1.807) is 0 Å². The summed E-state index contributed by atoms with van der Waals surface area (Å²) in [5.41, 5.74) is 0. The Labute approximate surface area is 86.9 Å². The molecule has 3 heteroatoms. The van der Waals surface area contributed by atoms with Gasteiger partial charge in [-0.1, -0.05) is 6.92 Å². The van der Waals surface area contributed by atoms with Gasteiger partial charge >= 0.3 is 0 Å². The van der Waals surface area contributed by atoms with Crippen molar-refractivity contribution in [2.45, 2.75) is 45.1 Å². The molecule has 1 amide bonds. The monoisotopic (exact) mass is 198 g/mol. The van der Waals surface area contributed by atoms with E-state index in [9.17, 15) is 4.79 Å². The maximum atomic E-state index is 11.3. The number of nitrogens with zero attached hydrogens (tertiary/aromatic N) is 1. The maximum absolute atomic E-state index is 11.3. The summed E-state index contributed by atoms with van der Waals surface area (Å²) in [5.74, 6) is 0.350. The quantitative estimate of drug-likeness (QED) is 0.699. The van der Waals surface area contributed by atoms with Gasteiger partial charge in [0, 0.05) is 25.6 Å². The van der Waals surface area contributed by atoms with E-state index in [4.69, 9.17) is 0 Å². The molecule has 1 unspecified atom stereocenters. The number of amides is 1. The molecular weight excluding hydrogens is 176 g/mol. The summed E-state index contributed by atoms with van der Waals surface area (Å²) in [5, 5.41) is 3.28. The summed E-state index contributed by atoms with van der Waals surface area (Å²) < 4.78 is 0. The smallest absolute Gasteiger partial charge is 0.222 e. The van der Waals surface area contributed by atoms with Crippen LogP contribution in [0.1, 0.15) is 39.0 Å². The Hall–Kier alpha value is -0.570. The second-order valence-corrected chi connectivity index (χ2v) is 4.02. The van der Waals surface area contributed by atoms with Gasteiger partial charge in [-0.15, -0.1) is 0 Å². The average Bonchev–Trinajstić information content (AvgIpc) is 2.59. The van der Waals surface area contributed by atoms with Crippen molar-refractivity contribution in [2.24, 2.45) is 0 Å². The lowest BCUT2D eigenvalue weighted by Gasteiger charge is -2.18. The summed E-state index contributed by atoms with van der Waals surface area (Å²) in [6.07, 6.45) is 5.30. The predicted molar refractivity (Wildman–Crippen MR) is 58.2 cm³/mol. The van der Waals surface area contributed by atoms with E-state index in [0.29, 0.717) is 11.9 Å². The topological polar surface area (TPSA) is 32.3 Å². The second kappa shape index (κ2) is 6.02. The summed E-state index contributed by atoms with van der Waals surface area (Å²) in [6, 6.07) is 0.618. The van der Waals surface area contributed by atoms with Crippen LogP contribution in [0.5, 0.6) is 0 Å². The maximum Gasteiger partial charge on any atom is 0.222 e. The fourth-order valence-electron chi connectivity index (χ4n) is 2.02. The van der Waals surface area contributed by atoms with Gasteiger partial charge in [-0.2, -0.15) is 0 Å². The predicted octanol–water partition coefficient (Wildman–Crippen LogP) is 1.39. The van der Waals surface area contributed by atoms with Crippen molar-refractivity contribution in [3.63, 3.8) is 0 Å². The lowest BCUT2D eigenvalue weighted by atomic mass is 10.1. The molecule has 82 valence electrons. The van der Waals surface area contributed by atoms with Crippen LogP contribution in [0.15, 0.2) is 0 Å². The van der Waals surface area contributed by atoms with Crippen molar-refractivity contribution >= 4 is 5.91 Å². The third-order valence-corrected chi connectivity index (χ3v) is 3.05. The van der Waals surface area contributed by atoms with E-state index in [2.05, 4.69) is 12.2 Å². The van der Waals surface area contributed by atoms with Crippen LogP contribution >= 0.6 is 0 Å². The first-order valence-electron chi connectivity index (χ1n) is 5.73. The molecule has 1 heterocycles. The molecule has 3 nitrogen and oxygen atoms in total. The van der Waals surface area contributed by atoms with Gasteiger partial charge in [0.2, 0.25) is 5.91 Å². The zero-order valence-electron chi connectivity index (χ0n) is 9.38. The van der Waals surface area contributed by atoms with Crippen molar-refractivity contribution in [2.75, 3.05) is 20.1 Å². The highest BCUT2D eigenvalue weighted by molar-refractivity contribution is 5.77. The molecule has 0 aliphatic carbocycles. The van der Waals surface area contributed by atoms with E-state index in [0.717, 1.165) is 32.4 Å². The van der Waals surface area contributed by atoms with Gasteiger partial charge in [0.05, 0.1) is 0 Å². The molecule has 0 spiro atoms. The van der Waals surface area contributed by atoms with Crippen LogP contribution in [0.2, 0.25) is 0 Å². The van der Waals surface area contributed by atoms with E-state index in [-0.39, 0.29) is 0 Å². The number of rotatable bonds is 6. The number of hydrogen-bond acceptors (Lipinski definition) is 2. The first kappa shape index (κ1) is 11.5. The molecular formula is C11H22N2O. The van der Waals surface area contributed by atoms with Gasteiger partial charge in [0.25, 0.3) is 0 Å². The van der Waals surface area contributed by atoms with Crippen LogP contribution in [0, 0.1) is 0 Å². The molecule has 1 aliphatic heterocycles. The Morgan fingerprint density at radius 3 is 2.86 bits per heavy atom. The second-order valence-electron chi connectivity index (χ2n) is 4.02. The first-order valence-corrected chi connectivity index (χ1v) is 5.73. The molecule has 0 aromatic heterocycles. The van der Waals surface area contributed by atoms with Gasteiger partial charge in [-0.3, -0.25) is 4.79 Å². The Balaban J connectivity index is 2.11. The molecule has 0 saturated carbocycles. The number of nitrogens with one attached hydrogen (secondary N) is 1. The SMILES string of the molecule is CCC(CCCN1CCCC1=O)NC. The zero-order chi connectivity index (χ0) is 10.4. The highest BCUT2D eigenvalue weighted by atomic mass is 16.2. The van der Waals surface area contributed by atoms with Gasteiger partial charge in [-0.05, 0) is 32.7 Å². The molecule has 0 aromatic carbocycles. The molecule has 1 N–H and O–H groups in total. The molecule has 0 bridgehead atoms. The Kier molecular flexibility index (Phi) is 4.94. The third kappa shape index (κ3) is 3.29. The van der Waals surface area contributed by atoms with Crippen molar-refractivity contribution < 1.29 is 4.79 Å². The van der Waals surface area contributed by atoms with Crippen LogP contribution in [0.3, 0.4) is 0 Å². The normalized spacial score (nSPS) is 19.0. The highest BCUT2D eigenvalue weighted by Gasteiger charge is 2.19. The summed E-state index contributed by atoms with van der Waals surface area (Å²) in [6.45, 7) is 4.13. The fourth-order valence-corrected chi connectivity index (χ4v) is 2.02. The Bertz CT molecular complexity index is 178. The Morgan fingerprint density at radius 2 is 2.36 bits per heavy atom. The summed E-state index contributed by atoms with van der Waals surface area (Å²) >= 11 is 0.